The number of alkyl halides is 1. The van der Waals surface area contributed by atoms with E-state index in [1.807, 2.05) is 36.4 Å². The third-order valence-electron chi connectivity index (χ3n) is 2.91. The van der Waals surface area contributed by atoms with Crippen molar-refractivity contribution < 1.29 is 14.6 Å². The van der Waals surface area contributed by atoms with Crippen LogP contribution in [0.15, 0.2) is 42.0 Å². The van der Waals surface area contributed by atoms with E-state index in [0.29, 0.717) is 5.75 Å². The van der Waals surface area contributed by atoms with Crippen LogP contribution in [0.3, 0.4) is 0 Å². The molecule has 0 spiro atoms. The van der Waals surface area contributed by atoms with E-state index in [1.54, 1.807) is 6.08 Å². The Morgan fingerprint density at radius 2 is 1.89 bits per heavy atom. The summed E-state index contributed by atoms with van der Waals surface area (Å²) in [5, 5.41) is 11.1. The number of carboxylic acids is 1. The smallest absolute Gasteiger partial charge is 0.336 e. The van der Waals surface area contributed by atoms with Gasteiger partial charge in [0.1, 0.15) is 5.75 Å². The van der Waals surface area contributed by atoms with Crippen LogP contribution in [0.4, 0.5) is 0 Å². The molecule has 0 fully saturated rings. The van der Waals surface area contributed by atoms with Gasteiger partial charge in [-0.2, -0.15) is 0 Å². The van der Waals surface area contributed by atoms with Crippen molar-refractivity contribution in [2.45, 2.75) is 5.56 Å². The highest BCUT2D eigenvalue weighted by Crippen LogP contribution is 2.34. The first-order valence-corrected chi connectivity index (χ1v) is 5.87. The Morgan fingerprint density at radius 3 is 2.56 bits per heavy atom. The fraction of sp³-hybridized carbons (Fsp3) is 0.0714. The number of carboxylic acid groups (broad SMARTS) is 1. The van der Waals surface area contributed by atoms with Gasteiger partial charge in [0.15, 0.2) is 0 Å². The van der Waals surface area contributed by atoms with Crippen molar-refractivity contribution in [1.82, 2.24) is 0 Å². The lowest BCUT2D eigenvalue weighted by atomic mass is 10.0. The summed E-state index contributed by atoms with van der Waals surface area (Å²) >= 11 is 5.89. The zero-order valence-corrected chi connectivity index (χ0v) is 10.0. The zero-order chi connectivity index (χ0) is 12.7. The summed E-state index contributed by atoms with van der Waals surface area (Å²) in [6, 6.07) is 11.6. The minimum Gasteiger partial charge on any atom is -0.478 e. The predicted octanol–water partition coefficient (Wildman–Crippen LogP) is 3.27. The van der Waals surface area contributed by atoms with Gasteiger partial charge in [-0.25, -0.2) is 4.79 Å². The van der Waals surface area contributed by atoms with Gasteiger partial charge in [0.25, 0.3) is 0 Å². The summed E-state index contributed by atoms with van der Waals surface area (Å²) in [6.07, 6.45) is 1.56. The number of carbonyl (C=O) groups is 1. The van der Waals surface area contributed by atoms with Crippen molar-refractivity contribution in [2.75, 3.05) is 0 Å². The molecule has 1 unspecified atom stereocenters. The molecule has 1 aliphatic rings. The summed E-state index contributed by atoms with van der Waals surface area (Å²) in [4.78, 5) is 11.0. The lowest BCUT2D eigenvalue weighted by molar-refractivity contribution is -0.133. The van der Waals surface area contributed by atoms with Crippen LogP contribution in [0.2, 0.25) is 0 Å². The van der Waals surface area contributed by atoms with Crippen molar-refractivity contribution in [3.05, 3.63) is 47.5 Å². The number of ether oxygens (including phenoxy) is 1. The van der Waals surface area contributed by atoms with Crippen LogP contribution < -0.4 is 4.74 Å². The van der Waals surface area contributed by atoms with Crippen molar-refractivity contribution in [3.8, 4) is 5.75 Å². The number of fused-ring (bicyclic) bond motifs is 2. The van der Waals surface area contributed by atoms with Crippen molar-refractivity contribution >= 4 is 34.4 Å². The highest BCUT2D eigenvalue weighted by Gasteiger charge is 2.25. The van der Waals surface area contributed by atoms with Crippen LogP contribution in [-0.4, -0.2) is 16.6 Å². The van der Waals surface area contributed by atoms with Crippen molar-refractivity contribution in [3.63, 3.8) is 0 Å². The topological polar surface area (TPSA) is 46.5 Å². The minimum absolute atomic E-state index is 0.0550. The van der Waals surface area contributed by atoms with Gasteiger partial charge in [-0.3, -0.25) is 0 Å². The number of hydrogen-bond acceptors (Lipinski definition) is 2. The van der Waals surface area contributed by atoms with Gasteiger partial charge in [-0.1, -0.05) is 35.9 Å². The summed E-state index contributed by atoms with van der Waals surface area (Å²) in [5.41, 5.74) is -0.154. The molecule has 0 aromatic heterocycles. The first-order chi connectivity index (χ1) is 8.65. The fourth-order valence-electron chi connectivity index (χ4n) is 2.02. The Hall–Kier alpha value is -2.00. The van der Waals surface area contributed by atoms with E-state index in [0.717, 1.165) is 16.3 Å². The van der Waals surface area contributed by atoms with Crippen molar-refractivity contribution in [2.24, 2.45) is 0 Å². The van der Waals surface area contributed by atoms with Gasteiger partial charge in [0, 0.05) is 5.56 Å². The monoisotopic (exact) mass is 260 g/mol. The maximum atomic E-state index is 11.0. The molecule has 2 aromatic carbocycles. The van der Waals surface area contributed by atoms with Crippen LogP contribution in [0, 0.1) is 0 Å². The van der Waals surface area contributed by atoms with Crippen LogP contribution >= 0.6 is 11.6 Å². The van der Waals surface area contributed by atoms with Crippen LogP contribution in [-0.2, 0) is 4.79 Å². The lowest BCUT2D eigenvalue weighted by Gasteiger charge is -2.21. The second-order valence-electron chi connectivity index (χ2n) is 4.08. The second-order valence-corrected chi connectivity index (χ2v) is 4.47. The minimum atomic E-state index is -1.06. The Kier molecular flexibility index (Phi) is 2.49. The molecule has 1 aliphatic heterocycles. The Morgan fingerprint density at radius 1 is 1.22 bits per heavy atom. The Labute approximate surface area is 108 Å². The van der Waals surface area contributed by atoms with E-state index < -0.39 is 11.5 Å². The number of halogens is 1. The van der Waals surface area contributed by atoms with Gasteiger partial charge in [-0.05, 0) is 29.0 Å². The molecule has 2 aromatic rings. The van der Waals surface area contributed by atoms with Gasteiger partial charge in [0.2, 0.25) is 5.56 Å². The molecule has 3 rings (SSSR count). The number of hydrogen-bond donors (Lipinski definition) is 1. The molecular formula is C14H9ClO3. The molecule has 0 bridgehead atoms. The largest absolute Gasteiger partial charge is 0.478 e. The van der Waals surface area contributed by atoms with E-state index in [9.17, 15) is 4.79 Å². The lowest BCUT2D eigenvalue weighted by Crippen LogP contribution is -2.21. The molecule has 1 heterocycles. The molecule has 3 nitrogen and oxygen atoms in total. The van der Waals surface area contributed by atoms with Crippen molar-refractivity contribution in [1.29, 1.82) is 0 Å². The number of benzene rings is 2. The molecule has 0 radical (unpaired) electrons. The molecule has 1 atom stereocenters. The molecule has 1 N–H and O–H groups in total. The van der Waals surface area contributed by atoms with Crippen LogP contribution in [0.1, 0.15) is 5.56 Å². The van der Waals surface area contributed by atoms with E-state index >= 15 is 0 Å². The van der Waals surface area contributed by atoms with Crippen LogP contribution in [0.25, 0.3) is 16.8 Å². The first-order valence-electron chi connectivity index (χ1n) is 5.43. The molecule has 0 saturated heterocycles. The highest BCUT2D eigenvalue weighted by molar-refractivity contribution is 6.25. The van der Waals surface area contributed by atoms with Gasteiger partial charge < -0.3 is 9.84 Å². The fourth-order valence-corrected chi connectivity index (χ4v) is 2.27. The SMILES string of the molecule is O=C(O)C1=Cc2cc3ccccc3cc2OC1Cl. The Balaban J connectivity index is 2.22. The normalized spacial score (nSPS) is 17.8. The quantitative estimate of drug-likeness (QED) is 0.801. The average molecular weight is 261 g/mol. The third kappa shape index (κ3) is 1.73. The van der Waals surface area contributed by atoms with Gasteiger partial charge in [0.05, 0.1) is 5.57 Å². The molecular weight excluding hydrogens is 252 g/mol. The maximum absolute atomic E-state index is 11.0. The predicted molar refractivity (Wildman–Crippen MR) is 69.8 cm³/mol. The average Bonchev–Trinajstić information content (AvgIpc) is 2.35. The second kappa shape index (κ2) is 4.03. The summed E-state index contributed by atoms with van der Waals surface area (Å²) in [5.74, 6) is -0.451. The molecule has 0 aliphatic carbocycles. The van der Waals surface area contributed by atoms with Gasteiger partial charge >= 0.3 is 5.97 Å². The highest BCUT2D eigenvalue weighted by atomic mass is 35.5. The van der Waals surface area contributed by atoms with E-state index in [2.05, 4.69) is 0 Å². The molecule has 0 saturated carbocycles. The van der Waals surface area contributed by atoms with E-state index in [4.69, 9.17) is 21.4 Å². The molecule has 0 amide bonds. The summed E-state index contributed by atoms with van der Waals surface area (Å²) < 4.78 is 5.43. The van der Waals surface area contributed by atoms with E-state index in [-0.39, 0.29) is 5.57 Å². The zero-order valence-electron chi connectivity index (χ0n) is 9.26. The standard InChI is InChI=1S/C14H9ClO3/c15-13-11(14(16)17)6-10-5-8-3-1-2-4-9(8)7-12(10)18-13/h1-7,13H,(H,16,17). The third-order valence-corrected chi connectivity index (χ3v) is 3.24. The van der Waals surface area contributed by atoms with Gasteiger partial charge in [-0.15, -0.1) is 0 Å². The summed E-state index contributed by atoms with van der Waals surface area (Å²) in [6.45, 7) is 0. The Bertz CT molecular complexity index is 676. The number of aliphatic carboxylic acids is 1. The number of rotatable bonds is 1. The van der Waals surface area contributed by atoms with Crippen LogP contribution in [0.5, 0.6) is 5.75 Å². The molecule has 18 heavy (non-hydrogen) atoms. The summed E-state index contributed by atoms with van der Waals surface area (Å²) in [7, 11) is 0. The maximum Gasteiger partial charge on any atom is 0.336 e. The van der Waals surface area contributed by atoms with E-state index in [1.165, 1.54) is 0 Å². The molecule has 4 heteroatoms. The first kappa shape index (κ1) is 11.1. The molecule has 90 valence electrons.